The number of halogens is 1. The molecule has 0 aromatic heterocycles. The van der Waals surface area contributed by atoms with Crippen molar-refractivity contribution >= 4 is 21.9 Å². The van der Waals surface area contributed by atoms with Crippen molar-refractivity contribution in [2.75, 3.05) is 13.2 Å². The number of carbonyl (C=O) groups excluding carboxylic acids is 1. The smallest absolute Gasteiger partial charge is 0.343 e. The van der Waals surface area contributed by atoms with E-state index in [-0.39, 0.29) is 0 Å². The minimum atomic E-state index is -0.403. The third-order valence-electron chi connectivity index (χ3n) is 6.44. The number of hydrogen-bond donors (Lipinski definition) is 0. The van der Waals surface area contributed by atoms with Gasteiger partial charge in [-0.1, -0.05) is 89.5 Å². The molecule has 0 unspecified atom stereocenters. The van der Waals surface area contributed by atoms with Gasteiger partial charge in [0.2, 0.25) is 0 Å². The van der Waals surface area contributed by atoms with Crippen molar-refractivity contribution in [3.63, 3.8) is 0 Å². The van der Waals surface area contributed by atoms with Crippen LogP contribution in [0.5, 0.6) is 17.2 Å². The number of rotatable bonds is 17. The molecule has 0 saturated heterocycles. The molecule has 0 aliphatic rings. The Morgan fingerprint density at radius 1 is 0.632 bits per heavy atom. The highest BCUT2D eigenvalue weighted by Crippen LogP contribution is 2.28. The first-order chi connectivity index (χ1) is 18.6. The first-order valence-corrected chi connectivity index (χ1v) is 14.9. The Morgan fingerprint density at radius 3 is 1.76 bits per heavy atom. The molecule has 0 bridgehead atoms. The Morgan fingerprint density at radius 2 is 1.16 bits per heavy atom. The van der Waals surface area contributed by atoms with Gasteiger partial charge < -0.3 is 14.2 Å². The summed E-state index contributed by atoms with van der Waals surface area (Å²) in [7, 11) is 0. The van der Waals surface area contributed by atoms with Crippen molar-refractivity contribution < 1.29 is 19.0 Å². The van der Waals surface area contributed by atoms with E-state index in [0.29, 0.717) is 17.9 Å². The van der Waals surface area contributed by atoms with Crippen molar-refractivity contribution in [2.45, 2.75) is 78.1 Å². The van der Waals surface area contributed by atoms with E-state index in [1.165, 1.54) is 44.9 Å². The van der Waals surface area contributed by atoms with Crippen LogP contribution in [0.25, 0.3) is 11.1 Å². The summed E-state index contributed by atoms with van der Waals surface area (Å²) in [4.78, 5) is 12.7. The van der Waals surface area contributed by atoms with E-state index in [1.807, 2.05) is 42.5 Å². The number of hydrogen-bond acceptors (Lipinski definition) is 4. The summed E-state index contributed by atoms with van der Waals surface area (Å²) >= 11 is 3.51. The molecule has 5 heteroatoms. The van der Waals surface area contributed by atoms with Gasteiger partial charge >= 0.3 is 5.97 Å². The van der Waals surface area contributed by atoms with E-state index in [0.717, 1.165) is 53.0 Å². The number of unbranched alkanes of at least 4 members (excludes halogenated alkanes) is 8. The molecule has 0 heterocycles. The number of benzene rings is 3. The predicted molar refractivity (Wildman–Crippen MR) is 159 cm³/mol. The fraction of sp³-hybridized carbons (Fsp3) is 0.424. The van der Waals surface area contributed by atoms with Crippen LogP contribution in [0.3, 0.4) is 0 Å². The number of carbonyl (C=O) groups is 1. The summed E-state index contributed by atoms with van der Waals surface area (Å²) in [5.41, 5.74) is 2.61. The second kappa shape index (κ2) is 16.9. The minimum Gasteiger partial charge on any atom is -0.494 e. The van der Waals surface area contributed by atoms with Gasteiger partial charge in [-0.2, -0.15) is 0 Å². The molecule has 0 amide bonds. The van der Waals surface area contributed by atoms with E-state index in [1.54, 1.807) is 12.1 Å². The normalized spacial score (nSPS) is 10.8. The number of esters is 1. The van der Waals surface area contributed by atoms with Crippen LogP contribution in [-0.2, 0) is 0 Å². The fourth-order valence-corrected chi connectivity index (χ4v) is 4.65. The average molecular weight is 582 g/mol. The Kier molecular flexibility index (Phi) is 13.3. The summed E-state index contributed by atoms with van der Waals surface area (Å²) in [6.45, 7) is 5.86. The fourth-order valence-electron chi connectivity index (χ4n) is 4.15. The molecule has 0 radical (unpaired) electrons. The Balaban J connectivity index is 1.46. The minimum absolute atomic E-state index is 0.403. The molecule has 0 atom stereocenters. The maximum Gasteiger partial charge on any atom is 0.343 e. The molecule has 204 valence electrons. The zero-order valence-corrected chi connectivity index (χ0v) is 24.4. The van der Waals surface area contributed by atoms with Crippen LogP contribution in [0.15, 0.2) is 71.2 Å². The maximum atomic E-state index is 12.7. The molecule has 3 rings (SSSR count). The lowest BCUT2D eigenvalue weighted by molar-refractivity contribution is 0.0734. The zero-order valence-electron chi connectivity index (χ0n) is 22.8. The predicted octanol–water partition coefficient (Wildman–Crippen LogP) is 10.0. The molecule has 0 aliphatic carbocycles. The quantitative estimate of drug-likeness (QED) is 0.0904. The topological polar surface area (TPSA) is 44.8 Å². The summed E-state index contributed by atoms with van der Waals surface area (Å²) in [6, 6.07) is 21.0. The van der Waals surface area contributed by atoms with Crippen molar-refractivity contribution in [3.05, 3.63) is 76.8 Å². The highest BCUT2D eigenvalue weighted by molar-refractivity contribution is 9.10. The van der Waals surface area contributed by atoms with Crippen molar-refractivity contribution in [2.24, 2.45) is 0 Å². The van der Waals surface area contributed by atoms with E-state index >= 15 is 0 Å². The lowest BCUT2D eigenvalue weighted by atomic mass is 10.1. The second-order valence-corrected chi connectivity index (χ2v) is 10.5. The van der Waals surface area contributed by atoms with Crippen molar-refractivity contribution in [1.82, 2.24) is 0 Å². The lowest BCUT2D eigenvalue weighted by Crippen LogP contribution is -2.08. The molecular formula is C33H41BrO4. The third kappa shape index (κ3) is 10.2. The van der Waals surface area contributed by atoms with Gasteiger partial charge in [0.1, 0.15) is 17.2 Å². The first kappa shape index (κ1) is 29.8. The monoisotopic (exact) mass is 580 g/mol. The maximum absolute atomic E-state index is 12.7. The van der Waals surface area contributed by atoms with Crippen LogP contribution in [0.1, 0.15) is 88.4 Å². The molecule has 0 aliphatic heterocycles. The highest BCUT2D eigenvalue weighted by atomic mass is 79.9. The van der Waals surface area contributed by atoms with Crippen molar-refractivity contribution in [3.8, 4) is 28.4 Å². The first-order valence-electron chi connectivity index (χ1n) is 14.1. The highest BCUT2D eigenvalue weighted by Gasteiger charge is 2.12. The zero-order chi connectivity index (χ0) is 27.0. The summed E-state index contributed by atoms with van der Waals surface area (Å²) in [5, 5.41) is 0. The Labute approximate surface area is 236 Å². The SMILES string of the molecule is CCCCCCCCOc1ccc(-c2ccc(OC(=O)c3ccc(OCCCCCC)c(Br)c3)cc2)cc1. The Bertz CT molecular complexity index is 1090. The number of ether oxygens (including phenoxy) is 3. The van der Waals surface area contributed by atoms with Crippen LogP contribution in [0.4, 0.5) is 0 Å². The van der Waals surface area contributed by atoms with Gasteiger partial charge in [-0.3, -0.25) is 0 Å². The molecular weight excluding hydrogens is 540 g/mol. The van der Waals surface area contributed by atoms with Crippen LogP contribution >= 0.6 is 15.9 Å². The van der Waals surface area contributed by atoms with Gasteiger partial charge in [-0.15, -0.1) is 0 Å². The molecule has 0 N–H and O–H groups in total. The molecule has 4 nitrogen and oxygen atoms in total. The van der Waals surface area contributed by atoms with Gasteiger partial charge in [-0.25, -0.2) is 4.79 Å². The molecule has 0 fully saturated rings. The molecule has 3 aromatic carbocycles. The van der Waals surface area contributed by atoms with Crippen LogP contribution in [0.2, 0.25) is 0 Å². The molecule has 0 spiro atoms. The average Bonchev–Trinajstić information content (AvgIpc) is 2.94. The van der Waals surface area contributed by atoms with Crippen molar-refractivity contribution in [1.29, 1.82) is 0 Å². The Hall–Kier alpha value is -2.79. The second-order valence-electron chi connectivity index (χ2n) is 9.61. The van der Waals surface area contributed by atoms with Crippen LogP contribution in [-0.4, -0.2) is 19.2 Å². The van der Waals surface area contributed by atoms with Gasteiger partial charge in [-0.05, 0) is 82.4 Å². The summed E-state index contributed by atoms with van der Waals surface area (Å²) < 4.78 is 18.1. The lowest BCUT2D eigenvalue weighted by Gasteiger charge is -2.10. The summed E-state index contributed by atoms with van der Waals surface area (Å²) in [6.07, 6.45) is 12.1. The van der Waals surface area contributed by atoms with Gasteiger partial charge in [0.15, 0.2) is 0 Å². The van der Waals surface area contributed by atoms with E-state index in [9.17, 15) is 4.79 Å². The molecule has 38 heavy (non-hydrogen) atoms. The standard InChI is InChI=1S/C33H41BrO4/c1-3-5-7-9-10-12-23-36-29-18-13-26(14-19-29)27-15-20-30(21-16-27)38-33(35)28-17-22-32(31(34)25-28)37-24-11-8-6-4-2/h13-22,25H,3-12,23-24H2,1-2H3. The largest absolute Gasteiger partial charge is 0.494 e. The van der Waals surface area contributed by atoms with Gasteiger partial charge in [0.05, 0.1) is 23.2 Å². The van der Waals surface area contributed by atoms with Gasteiger partial charge in [0.25, 0.3) is 0 Å². The van der Waals surface area contributed by atoms with E-state index in [4.69, 9.17) is 14.2 Å². The van der Waals surface area contributed by atoms with E-state index < -0.39 is 5.97 Å². The van der Waals surface area contributed by atoms with E-state index in [2.05, 4.69) is 41.9 Å². The summed E-state index contributed by atoms with van der Waals surface area (Å²) in [5.74, 6) is 1.73. The van der Waals surface area contributed by atoms with Crippen LogP contribution in [0, 0.1) is 0 Å². The molecule has 0 saturated carbocycles. The van der Waals surface area contributed by atoms with Gasteiger partial charge in [0, 0.05) is 0 Å². The molecule has 3 aromatic rings. The van der Waals surface area contributed by atoms with Crippen LogP contribution < -0.4 is 14.2 Å². The third-order valence-corrected chi connectivity index (χ3v) is 7.06.